The summed E-state index contributed by atoms with van der Waals surface area (Å²) < 4.78 is 25.1. The van der Waals surface area contributed by atoms with Crippen LogP contribution in [-0.4, -0.2) is 58.6 Å². The van der Waals surface area contributed by atoms with E-state index in [-0.39, 0.29) is 18.4 Å². The number of hydrogen-bond donors (Lipinski definition) is 1. The number of hydrogen-bond acceptors (Lipinski definition) is 4. The van der Waals surface area contributed by atoms with Crippen LogP contribution in [0.2, 0.25) is 0 Å². The zero-order chi connectivity index (χ0) is 19.0. The molecule has 0 aliphatic carbocycles. The Morgan fingerprint density at radius 1 is 1.08 bits per heavy atom. The standard InChI is InChI=1S/C17H27N3O4S/c1-5-6-7-12-18-16(21)13-20(25(4,23)24)15-10-8-14(9-11-15)17(22)19(2)3/h8-11H,5-7,12-13H2,1-4H3,(H,18,21). The van der Waals surface area contributed by atoms with E-state index in [4.69, 9.17) is 0 Å². The molecular weight excluding hydrogens is 342 g/mol. The maximum atomic E-state index is 12.0. The smallest absolute Gasteiger partial charge is 0.253 e. The molecule has 1 rings (SSSR count). The van der Waals surface area contributed by atoms with Crippen molar-refractivity contribution >= 4 is 27.5 Å². The summed E-state index contributed by atoms with van der Waals surface area (Å²) in [6.07, 6.45) is 3.97. The first-order chi connectivity index (χ1) is 11.7. The molecule has 0 radical (unpaired) electrons. The quantitative estimate of drug-likeness (QED) is 0.668. The molecule has 0 atom stereocenters. The first-order valence-electron chi connectivity index (χ1n) is 8.23. The van der Waals surface area contributed by atoms with Crippen molar-refractivity contribution in [2.45, 2.75) is 26.2 Å². The van der Waals surface area contributed by atoms with E-state index >= 15 is 0 Å². The number of carbonyl (C=O) groups excluding carboxylic acids is 2. The van der Waals surface area contributed by atoms with Crippen LogP contribution < -0.4 is 9.62 Å². The summed E-state index contributed by atoms with van der Waals surface area (Å²) >= 11 is 0. The van der Waals surface area contributed by atoms with Gasteiger partial charge in [-0.2, -0.15) is 0 Å². The third kappa shape index (κ3) is 6.74. The van der Waals surface area contributed by atoms with Crippen LogP contribution in [0, 0.1) is 0 Å². The van der Waals surface area contributed by atoms with E-state index in [0.29, 0.717) is 17.8 Å². The Bertz CT molecular complexity index is 684. The van der Waals surface area contributed by atoms with Gasteiger partial charge in [0.25, 0.3) is 5.91 Å². The van der Waals surface area contributed by atoms with Gasteiger partial charge in [0.1, 0.15) is 6.54 Å². The van der Waals surface area contributed by atoms with E-state index in [1.165, 1.54) is 17.0 Å². The summed E-state index contributed by atoms with van der Waals surface area (Å²) in [6.45, 7) is 2.31. The molecule has 0 heterocycles. The largest absolute Gasteiger partial charge is 0.355 e. The van der Waals surface area contributed by atoms with Gasteiger partial charge in [0.05, 0.1) is 11.9 Å². The van der Waals surface area contributed by atoms with Gasteiger partial charge in [-0.25, -0.2) is 8.42 Å². The maximum absolute atomic E-state index is 12.0. The van der Waals surface area contributed by atoms with Crippen LogP contribution in [0.3, 0.4) is 0 Å². The zero-order valence-electron chi connectivity index (χ0n) is 15.3. The minimum Gasteiger partial charge on any atom is -0.355 e. The molecule has 25 heavy (non-hydrogen) atoms. The fourth-order valence-electron chi connectivity index (χ4n) is 2.22. The second-order valence-electron chi connectivity index (χ2n) is 6.07. The van der Waals surface area contributed by atoms with Crippen molar-refractivity contribution in [2.24, 2.45) is 0 Å². The lowest BCUT2D eigenvalue weighted by Crippen LogP contribution is -2.40. The van der Waals surface area contributed by atoms with Crippen LogP contribution in [-0.2, 0) is 14.8 Å². The van der Waals surface area contributed by atoms with Crippen LogP contribution in [0.4, 0.5) is 5.69 Å². The Morgan fingerprint density at radius 3 is 2.16 bits per heavy atom. The van der Waals surface area contributed by atoms with Gasteiger partial charge in [0, 0.05) is 26.2 Å². The number of nitrogens with zero attached hydrogens (tertiary/aromatic N) is 2. The van der Waals surface area contributed by atoms with Gasteiger partial charge in [-0.15, -0.1) is 0 Å². The lowest BCUT2D eigenvalue weighted by molar-refractivity contribution is -0.119. The van der Waals surface area contributed by atoms with Gasteiger partial charge in [-0.1, -0.05) is 19.8 Å². The van der Waals surface area contributed by atoms with E-state index < -0.39 is 10.0 Å². The average Bonchev–Trinajstić information content (AvgIpc) is 2.55. The van der Waals surface area contributed by atoms with Gasteiger partial charge < -0.3 is 10.2 Å². The molecule has 0 saturated heterocycles. The van der Waals surface area contributed by atoms with Gasteiger partial charge in [0.2, 0.25) is 15.9 Å². The summed E-state index contributed by atoms with van der Waals surface area (Å²) in [5.41, 5.74) is 0.799. The number of rotatable bonds is 9. The Morgan fingerprint density at radius 2 is 1.68 bits per heavy atom. The molecule has 1 aromatic rings. The third-order valence-corrected chi connectivity index (χ3v) is 4.74. The number of unbranched alkanes of at least 4 members (excludes halogenated alkanes) is 2. The Hall–Kier alpha value is -2.09. The lowest BCUT2D eigenvalue weighted by Gasteiger charge is -2.22. The van der Waals surface area contributed by atoms with E-state index in [9.17, 15) is 18.0 Å². The highest BCUT2D eigenvalue weighted by atomic mass is 32.2. The number of nitrogens with one attached hydrogen (secondary N) is 1. The van der Waals surface area contributed by atoms with E-state index in [0.717, 1.165) is 29.8 Å². The van der Waals surface area contributed by atoms with E-state index in [2.05, 4.69) is 12.2 Å². The minimum atomic E-state index is -3.62. The minimum absolute atomic E-state index is 0.175. The number of benzene rings is 1. The normalized spacial score (nSPS) is 11.0. The summed E-state index contributed by atoms with van der Waals surface area (Å²) in [7, 11) is -0.339. The zero-order valence-corrected chi connectivity index (χ0v) is 16.1. The summed E-state index contributed by atoms with van der Waals surface area (Å²) in [6, 6.07) is 6.16. The maximum Gasteiger partial charge on any atom is 0.253 e. The number of amides is 2. The van der Waals surface area contributed by atoms with Crippen molar-refractivity contribution in [3.63, 3.8) is 0 Å². The molecule has 0 bridgehead atoms. The second-order valence-corrected chi connectivity index (χ2v) is 7.98. The van der Waals surface area contributed by atoms with Crippen molar-refractivity contribution in [3.05, 3.63) is 29.8 Å². The number of anilines is 1. The van der Waals surface area contributed by atoms with Crippen molar-refractivity contribution < 1.29 is 18.0 Å². The van der Waals surface area contributed by atoms with Crippen molar-refractivity contribution in [1.29, 1.82) is 0 Å². The monoisotopic (exact) mass is 369 g/mol. The molecule has 8 heteroatoms. The van der Waals surface area contributed by atoms with E-state index in [1.807, 2.05) is 0 Å². The van der Waals surface area contributed by atoms with Crippen LogP contribution >= 0.6 is 0 Å². The van der Waals surface area contributed by atoms with Gasteiger partial charge >= 0.3 is 0 Å². The van der Waals surface area contributed by atoms with Crippen LogP contribution in [0.5, 0.6) is 0 Å². The predicted octanol–water partition coefficient (Wildman–Crippen LogP) is 1.46. The first kappa shape index (κ1) is 21.0. The molecule has 0 aliphatic rings. The van der Waals surface area contributed by atoms with Crippen LogP contribution in [0.15, 0.2) is 24.3 Å². The van der Waals surface area contributed by atoms with Gasteiger partial charge in [-0.3, -0.25) is 13.9 Å². The third-order valence-electron chi connectivity index (χ3n) is 3.60. The number of carbonyl (C=O) groups is 2. The van der Waals surface area contributed by atoms with Gasteiger partial charge in [0.15, 0.2) is 0 Å². The Labute approximate surface area is 150 Å². The second kappa shape index (κ2) is 9.41. The summed E-state index contributed by atoms with van der Waals surface area (Å²) in [5, 5.41) is 2.73. The molecule has 1 N–H and O–H groups in total. The van der Waals surface area contributed by atoms with Crippen LogP contribution in [0.1, 0.15) is 36.5 Å². The highest BCUT2D eigenvalue weighted by Crippen LogP contribution is 2.18. The molecule has 0 spiro atoms. The molecular formula is C17H27N3O4S. The molecule has 2 amide bonds. The highest BCUT2D eigenvalue weighted by Gasteiger charge is 2.21. The molecule has 0 aliphatic heterocycles. The summed E-state index contributed by atoms with van der Waals surface area (Å²) in [5.74, 6) is -0.527. The predicted molar refractivity (Wildman–Crippen MR) is 99.2 cm³/mol. The molecule has 0 unspecified atom stereocenters. The fourth-order valence-corrected chi connectivity index (χ4v) is 3.07. The Balaban J connectivity index is 2.86. The van der Waals surface area contributed by atoms with Crippen molar-refractivity contribution in [3.8, 4) is 0 Å². The first-order valence-corrected chi connectivity index (χ1v) is 10.1. The molecule has 0 fully saturated rings. The SMILES string of the molecule is CCCCCNC(=O)CN(c1ccc(C(=O)N(C)C)cc1)S(C)(=O)=O. The van der Waals surface area contributed by atoms with Crippen LogP contribution in [0.25, 0.3) is 0 Å². The average molecular weight is 369 g/mol. The molecule has 140 valence electrons. The van der Waals surface area contributed by atoms with Crippen molar-refractivity contribution in [1.82, 2.24) is 10.2 Å². The molecule has 1 aromatic carbocycles. The number of sulfonamides is 1. The lowest BCUT2D eigenvalue weighted by atomic mass is 10.2. The molecule has 7 nitrogen and oxygen atoms in total. The molecule has 0 aromatic heterocycles. The van der Waals surface area contributed by atoms with E-state index in [1.54, 1.807) is 26.2 Å². The summed E-state index contributed by atoms with van der Waals surface area (Å²) in [4.78, 5) is 25.4. The van der Waals surface area contributed by atoms with Crippen molar-refractivity contribution in [2.75, 3.05) is 37.7 Å². The topological polar surface area (TPSA) is 86.8 Å². The molecule has 0 saturated carbocycles. The Kier molecular flexibility index (Phi) is 7.89. The highest BCUT2D eigenvalue weighted by molar-refractivity contribution is 7.92. The fraction of sp³-hybridized carbons (Fsp3) is 0.529. The van der Waals surface area contributed by atoms with Gasteiger partial charge in [-0.05, 0) is 30.7 Å².